The van der Waals surface area contributed by atoms with Crippen molar-refractivity contribution < 1.29 is 28.6 Å². The third-order valence-corrected chi connectivity index (χ3v) is 11.3. The van der Waals surface area contributed by atoms with Crippen LogP contribution in [-0.2, 0) is 28.6 Å². The van der Waals surface area contributed by atoms with E-state index < -0.39 is 6.10 Å². The van der Waals surface area contributed by atoms with E-state index in [1.165, 1.54) is 96.3 Å². The van der Waals surface area contributed by atoms with Crippen LogP contribution in [0.25, 0.3) is 0 Å². The number of hydrogen-bond acceptors (Lipinski definition) is 6. The molecule has 0 aromatic carbocycles. The summed E-state index contributed by atoms with van der Waals surface area (Å²) in [6, 6.07) is 0. The van der Waals surface area contributed by atoms with Gasteiger partial charge in [-0.25, -0.2) is 0 Å². The van der Waals surface area contributed by atoms with Gasteiger partial charge in [0.1, 0.15) is 13.2 Å². The molecule has 376 valence electrons. The van der Waals surface area contributed by atoms with Gasteiger partial charge < -0.3 is 14.2 Å². The van der Waals surface area contributed by atoms with E-state index in [1.807, 2.05) is 0 Å². The van der Waals surface area contributed by atoms with E-state index in [9.17, 15) is 14.4 Å². The lowest BCUT2D eigenvalue weighted by Gasteiger charge is -2.18. The van der Waals surface area contributed by atoms with Crippen molar-refractivity contribution in [1.82, 2.24) is 0 Å². The minimum atomic E-state index is -0.812. The lowest BCUT2D eigenvalue weighted by atomic mass is 10.0. The van der Waals surface area contributed by atoms with Crippen LogP contribution in [0.4, 0.5) is 0 Å². The maximum atomic E-state index is 12.8. The van der Waals surface area contributed by atoms with E-state index in [4.69, 9.17) is 14.2 Å². The van der Waals surface area contributed by atoms with E-state index in [0.717, 1.165) is 103 Å². The Bertz CT molecular complexity index is 1330. The highest BCUT2D eigenvalue weighted by molar-refractivity contribution is 5.71. The van der Waals surface area contributed by atoms with Crippen molar-refractivity contribution >= 4 is 17.9 Å². The van der Waals surface area contributed by atoms with Crippen molar-refractivity contribution in [3.8, 4) is 0 Å². The minimum Gasteiger partial charge on any atom is -0.462 e. The number of rotatable bonds is 48. The summed E-state index contributed by atoms with van der Waals surface area (Å²) in [6.07, 6.45) is 71.1. The Morgan fingerprint density at radius 2 is 0.606 bits per heavy atom. The Hall–Kier alpha value is -3.67. The largest absolute Gasteiger partial charge is 0.462 e. The fourth-order valence-electron chi connectivity index (χ4n) is 7.25. The fraction of sp³-hybridized carbons (Fsp3) is 0.683. The molecule has 0 amide bonds. The normalized spacial score (nSPS) is 12.8. The summed E-state index contributed by atoms with van der Waals surface area (Å²) < 4.78 is 16.8. The zero-order chi connectivity index (χ0) is 47.9. The van der Waals surface area contributed by atoms with Gasteiger partial charge in [0.05, 0.1) is 0 Å². The molecular formula is C60H100O6. The van der Waals surface area contributed by atoms with E-state index in [1.54, 1.807) is 0 Å². The molecule has 0 aromatic rings. The first-order valence-corrected chi connectivity index (χ1v) is 27.2. The highest BCUT2D eigenvalue weighted by Crippen LogP contribution is 2.14. The molecule has 6 nitrogen and oxygen atoms in total. The zero-order valence-electron chi connectivity index (χ0n) is 42.9. The van der Waals surface area contributed by atoms with Gasteiger partial charge in [-0.15, -0.1) is 0 Å². The van der Waals surface area contributed by atoms with Crippen LogP contribution in [-0.4, -0.2) is 37.2 Å². The van der Waals surface area contributed by atoms with Crippen molar-refractivity contribution in [2.24, 2.45) is 0 Å². The van der Waals surface area contributed by atoms with Crippen molar-refractivity contribution in [3.63, 3.8) is 0 Å². The SMILES string of the molecule is CC/C=C\C/C=C\C/C=C\C/C=C\C/C=C\CCCC(=O)O[C@@H](COC(=O)CCCCCCCC/C=C\C/C=C\C/C=C\CCCCC)COC(=O)CCCCCCCCCCCCCC. The summed E-state index contributed by atoms with van der Waals surface area (Å²) in [4.78, 5) is 38.0. The van der Waals surface area contributed by atoms with Crippen LogP contribution in [0.1, 0.15) is 245 Å². The van der Waals surface area contributed by atoms with E-state index in [0.29, 0.717) is 19.3 Å². The monoisotopic (exact) mass is 917 g/mol. The summed E-state index contributed by atoms with van der Waals surface area (Å²) in [6.45, 7) is 6.43. The molecule has 1 atom stereocenters. The van der Waals surface area contributed by atoms with Gasteiger partial charge in [-0.2, -0.15) is 0 Å². The topological polar surface area (TPSA) is 78.9 Å². The Labute approximate surface area is 407 Å². The van der Waals surface area contributed by atoms with E-state index >= 15 is 0 Å². The fourth-order valence-corrected chi connectivity index (χ4v) is 7.25. The van der Waals surface area contributed by atoms with Crippen molar-refractivity contribution in [3.05, 3.63) is 97.2 Å². The predicted molar refractivity (Wildman–Crippen MR) is 284 cm³/mol. The van der Waals surface area contributed by atoms with Gasteiger partial charge >= 0.3 is 17.9 Å². The molecule has 0 heterocycles. The summed E-state index contributed by atoms with van der Waals surface area (Å²) in [5, 5.41) is 0. The van der Waals surface area contributed by atoms with E-state index in [-0.39, 0.29) is 37.5 Å². The average molecular weight is 917 g/mol. The summed E-state index contributed by atoms with van der Waals surface area (Å²) in [5.74, 6) is -0.975. The van der Waals surface area contributed by atoms with Crippen molar-refractivity contribution in [2.45, 2.75) is 252 Å². The van der Waals surface area contributed by atoms with E-state index in [2.05, 4.69) is 118 Å². The van der Waals surface area contributed by atoms with Crippen LogP contribution in [0.5, 0.6) is 0 Å². The highest BCUT2D eigenvalue weighted by Gasteiger charge is 2.19. The van der Waals surface area contributed by atoms with Gasteiger partial charge in [0.15, 0.2) is 6.10 Å². The molecule has 0 saturated heterocycles. The Morgan fingerprint density at radius 1 is 0.318 bits per heavy atom. The van der Waals surface area contributed by atoms with Crippen LogP contribution in [0.3, 0.4) is 0 Å². The molecule has 0 rings (SSSR count). The number of esters is 3. The summed E-state index contributed by atoms with van der Waals surface area (Å²) >= 11 is 0. The standard InChI is InChI=1S/C60H100O6/c1-4-7-10-13-16-19-22-25-27-29-30-32-33-35-38-41-44-47-50-53-59(62)65-56-57(55-64-58(61)52-49-46-43-40-37-24-21-18-15-12-9-6-3)66-60(63)54-51-48-45-42-39-36-34-31-28-26-23-20-17-14-11-8-5-2/h8,11,16-17,19-20,25-28,30,32,34,36,42,45,57H,4-7,9-10,12-15,18,21-24,29,31,33,35,37-41,43-44,46-56H2,1-3H3/b11-8-,19-16-,20-17-,27-25-,28-26-,32-30-,36-34-,45-42-/t57-/m1/s1. The third-order valence-electron chi connectivity index (χ3n) is 11.3. The zero-order valence-corrected chi connectivity index (χ0v) is 42.9. The molecule has 0 saturated carbocycles. The number of hydrogen-bond donors (Lipinski definition) is 0. The number of unbranched alkanes of at least 4 members (excludes halogenated alkanes) is 21. The van der Waals surface area contributed by atoms with Crippen LogP contribution >= 0.6 is 0 Å². The Balaban J connectivity index is 4.48. The highest BCUT2D eigenvalue weighted by atomic mass is 16.6. The first-order valence-electron chi connectivity index (χ1n) is 27.2. The second-order valence-corrected chi connectivity index (χ2v) is 17.8. The number of ether oxygens (including phenoxy) is 3. The van der Waals surface area contributed by atoms with Gasteiger partial charge in [-0.1, -0.05) is 227 Å². The van der Waals surface area contributed by atoms with Gasteiger partial charge in [0, 0.05) is 19.3 Å². The second-order valence-electron chi connectivity index (χ2n) is 17.8. The number of carbonyl (C=O) groups excluding carboxylic acids is 3. The lowest BCUT2D eigenvalue weighted by molar-refractivity contribution is -0.167. The maximum absolute atomic E-state index is 12.8. The molecule has 0 aliphatic heterocycles. The first-order chi connectivity index (χ1) is 32.5. The molecule has 0 N–H and O–H groups in total. The Kier molecular flexibility index (Phi) is 50.9. The van der Waals surface area contributed by atoms with Crippen molar-refractivity contribution in [1.29, 1.82) is 0 Å². The molecule has 0 fully saturated rings. The average Bonchev–Trinajstić information content (AvgIpc) is 3.31. The van der Waals surface area contributed by atoms with Gasteiger partial charge in [0.25, 0.3) is 0 Å². The van der Waals surface area contributed by atoms with Crippen LogP contribution in [0.15, 0.2) is 97.2 Å². The maximum Gasteiger partial charge on any atom is 0.306 e. The molecule has 0 radical (unpaired) electrons. The summed E-state index contributed by atoms with van der Waals surface area (Å²) in [5.41, 5.74) is 0. The van der Waals surface area contributed by atoms with Gasteiger partial charge in [0.2, 0.25) is 0 Å². The molecular weight excluding hydrogens is 817 g/mol. The molecule has 0 aliphatic rings. The predicted octanol–water partition coefficient (Wildman–Crippen LogP) is 18.1. The van der Waals surface area contributed by atoms with Crippen LogP contribution in [0, 0.1) is 0 Å². The van der Waals surface area contributed by atoms with Crippen LogP contribution < -0.4 is 0 Å². The van der Waals surface area contributed by atoms with Crippen molar-refractivity contribution in [2.75, 3.05) is 13.2 Å². The number of allylic oxidation sites excluding steroid dienone is 16. The Morgan fingerprint density at radius 3 is 1.00 bits per heavy atom. The van der Waals surface area contributed by atoms with Crippen LogP contribution in [0.2, 0.25) is 0 Å². The molecule has 0 bridgehead atoms. The molecule has 0 aliphatic carbocycles. The van der Waals surface area contributed by atoms with Gasteiger partial charge in [-0.3, -0.25) is 14.4 Å². The summed E-state index contributed by atoms with van der Waals surface area (Å²) in [7, 11) is 0. The smallest absolute Gasteiger partial charge is 0.306 e. The molecule has 0 spiro atoms. The molecule has 0 unspecified atom stereocenters. The molecule has 66 heavy (non-hydrogen) atoms. The molecule has 6 heteroatoms. The minimum absolute atomic E-state index is 0.104. The second kappa shape index (κ2) is 53.9. The third kappa shape index (κ3) is 51.3. The number of carbonyl (C=O) groups is 3. The van der Waals surface area contributed by atoms with Gasteiger partial charge in [-0.05, 0) is 96.3 Å². The first kappa shape index (κ1) is 62.3. The molecule has 0 aromatic heterocycles. The lowest BCUT2D eigenvalue weighted by Crippen LogP contribution is -2.30. The quantitative estimate of drug-likeness (QED) is 0.0262.